The van der Waals surface area contributed by atoms with Crippen LogP contribution in [0.3, 0.4) is 0 Å². The predicted octanol–water partition coefficient (Wildman–Crippen LogP) is 1.49. The predicted molar refractivity (Wildman–Crippen MR) is 108 cm³/mol. The molecule has 0 amide bonds. The second-order valence-electron chi connectivity index (χ2n) is 7.37. The van der Waals surface area contributed by atoms with Crippen molar-refractivity contribution in [3.05, 3.63) is 46.8 Å². The van der Waals surface area contributed by atoms with Crippen LogP contribution >= 0.6 is 0 Å². The maximum atomic E-state index is 12.4. The van der Waals surface area contributed by atoms with Gasteiger partial charge >= 0.3 is 5.69 Å². The minimum absolute atomic E-state index is 0.187. The van der Waals surface area contributed by atoms with Gasteiger partial charge in [0.15, 0.2) is 22.9 Å². The normalized spacial score (nSPS) is 15.1. The summed E-state index contributed by atoms with van der Waals surface area (Å²) in [4.78, 5) is 28.6. The summed E-state index contributed by atoms with van der Waals surface area (Å²) in [5.41, 5.74) is 3.24. The van der Waals surface area contributed by atoms with E-state index in [-0.39, 0.29) is 12.3 Å². The number of H-pyrrole nitrogens is 2. The van der Waals surface area contributed by atoms with Crippen LogP contribution in [-0.4, -0.2) is 53.0 Å². The zero-order valence-electron chi connectivity index (χ0n) is 16.2. The van der Waals surface area contributed by atoms with E-state index in [0.717, 1.165) is 37.2 Å². The molecular formula is C20H21N7O3. The fourth-order valence-electron chi connectivity index (χ4n) is 3.70. The number of aliphatic hydroxyl groups excluding tert-OH is 1. The van der Waals surface area contributed by atoms with Crippen molar-refractivity contribution in [2.45, 2.75) is 26.0 Å². The molecule has 0 aliphatic carbocycles. The zero-order valence-corrected chi connectivity index (χ0v) is 16.2. The highest BCUT2D eigenvalue weighted by Crippen LogP contribution is 2.23. The van der Waals surface area contributed by atoms with E-state index in [9.17, 15) is 4.79 Å². The van der Waals surface area contributed by atoms with Gasteiger partial charge in [-0.15, -0.1) is 0 Å². The van der Waals surface area contributed by atoms with Crippen LogP contribution in [0, 0.1) is 5.92 Å². The first-order valence-corrected chi connectivity index (χ1v) is 9.87. The Bertz CT molecular complexity index is 1220. The van der Waals surface area contributed by atoms with E-state index in [1.54, 1.807) is 10.8 Å². The van der Waals surface area contributed by atoms with Gasteiger partial charge in [0.2, 0.25) is 0 Å². The van der Waals surface area contributed by atoms with Crippen LogP contribution in [0.25, 0.3) is 33.9 Å². The molecule has 1 aliphatic heterocycles. The third kappa shape index (κ3) is 3.51. The van der Waals surface area contributed by atoms with Gasteiger partial charge in [-0.25, -0.2) is 19.7 Å². The number of hydrogen-bond donors (Lipinski definition) is 3. The fraction of sp³-hybridized carbons (Fsp3) is 0.350. The molecule has 1 aliphatic rings. The molecule has 0 atom stereocenters. The van der Waals surface area contributed by atoms with E-state index in [2.05, 4.69) is 25.1 Å². The van der Waals surface area contributed by atoms with E-state index < -0.39 is 0 Å². The Morgan fingerprint density at radius 1 is 1.13 bits per heavy atom. The summed E-state index contributed by atoms with van der Waals surface area (Å²) < 4.78 is 7.10. The second-order valence-corrected chi connectivity index (χ2v) is 7.37. The number of nitrogens with one attached hydrogen (secondary N) is 2. The molecule has 0 unspecified atom stereocenters. The Morgan fingerprint density at radius 3 is 2.63 bits per heavy atom. The Morgan fingerprint density at radius 2 is 1.90 bits per heavy atom. The van der Waals surface area contributed by atoms with E-state index in [1.807, 2.05) is 24.3 Å². The molecule has 154 valence electrons. The first-order valence-electron chi connectivity index (χ1n) is 9.87. The van der Waals surface area contributed by atoms with Crippen LogP contribution in [0.15, 0.2) is 35.3 Å². The van der Waals surface area contributed by atoms with Crippen molar-refractivity contribution in [1.82, 2.24) is 34.7 Å². The maximum Gasteiger partial charge on any atom is 0.328 e. The molecule has 3 N–H and O–H groups in total. The fourth-order valence-corrected chi connectivity index (χ4v) is 3.70. The van der Waals surface area contributed by atoms with E-state index in [0.29, 0.717) is 41.1 Å². The summed E-state index contributed by atoms with van der Waals surface area (Å²) in [7, 11) is 0. The molecule has 4 aromatic rings. The molecule has 30 heavy (non-hydrogen) atoms. The number of hydrogen-bond acceptors (Lipinski definition) is 7. The lowest BCUT2D eigenvalue weighted by Gasteiger charge is -2.21. The molecule has 10 heteroatoms. The van der Waals surface area contributed by atoms with Crippen molar-refractivity contribution in [3.63, 3.8) is 0 Å². The molecule has 4 heterocycles. The monoisotopic (exact) mass is 407 g/mol. The third-order valence-electron chi connectivity index (χ3n) is 5.38. The van der Waals surface area contributed by atoms with Crippen molar-refractivity contribution < 1.29 is 9.84 Å². The van der Waals surface area contributed by atoms with Gasteiger partial charge in [0.1, 0.15) is 6.61 Å². The number of rotatable bonds is 5. The third-order valence-corrected chi connectivity index (χ3v) is 5.38. The number of aromatic amines is 2. The minimum atomic E-state index is -0.188. The number of benzene rings is 1. The van der Waals surface area contributed by atoms with Crippen LogP contribution in [0.5, 0.6) is 0 Å². The highest BCUT2D eigenvalue weighted by molar-refractivity contribution is 5.72. The lowest BCUT2D eigenvalue weighted by atomic mass is 10.0. The number of ether oxygens (including phenoxy) is 1. The summed E-state index contributed by atoms with van der Waals surface area (Å²) in [5.74, 6) is 1.33. The summed E-state index contributed by atoms with van der Waals surface area (Å²) in [6.07, 6.45) is 3.53. The molecule has 0 radical (unpaired) electrons. The summed E-state index contributed by atoms with van der Waals surface area (Å²) in [6.45, 7) is 1.88. The van der Waals surface area contributed by atoms with Gasteiger partial charge in [-0.05, 0) is 18.8 Å². The Labute approximate surface area is 171 Å². The van der Waals surface area contributed by atoms with Crippen LogP contribution in [0.4, 0.5) is 0 Å². The molecule has 5 rings (SSSR count). The topological polar surface area (TPSA) is 135 Å². The van der Waals surface area contributed by atoms with Crippen LogP contribution < -0.4 is 5.69 Å². The molecule has 1 aromatic carbocycles. The van der Waals surface area contributed by atoms with Crippen LogP contribution in [-0.2, 0) is 17.9 Å². The van der Waals surface area contributed by atoms with E-state index >= 15 is 0 Å². The molecule has 10 nitrogen and oxygen atoms in total. The summed E-state index contributed by atoms with van der Waals surface area (Å²) >= 11 is 0. The van der Waals surface area contributed by atoms with Gasteiger partial charge in [-0.2, -0.15) is 5.10 Å². The molecule has 0 bridgehead atoms. The van der Waals surface area contributed by atoms with Crippen LogP contribution in [0.1, 0.15) is 18.7 Å². The molecule has 1 fully saturated rings. The Balaban J connectivity index is 1.45. The summed E-state index contributed by atoms with van der Waals surface area (Å²) in [5, 5.41) is 15.9. The second kappa shape index (κ2) is 7.81. The highest BCUT2D eigenvalue weighted by atomic mass is 16.5. The van der Waals surface area contributed by atoms with Gasteiger partial charge in [-0.1, -0.05) is 24.3 Å². The zero-order chi connectivity index (χ0) is 20.5. The van der Waals surface area contributed by atoms with Gasteiger partial charge < -0.3 is 9.84 Å². The average Bonchev–Trinajstić information content (AvgIpc) is 3.39. The highest BCUT2D eigenvalue weighted by Gasteiger charge is 2.18. The lowest BCUT2D eigenvalue weighted by molar-refractivity contribution is 0.0613. The number of nitrogens with zero attached hydrogens (tertiary/aromatic N) is 5. The molecule has 0 saturated carbocycles. The number of fused-ring (bicyclic) bond motifs is 1. The first kappa shape index (κ1) is 18.6. The minimum Gasteiger partial charge on any atom is -0.388 e. The first-order chi connectivity index (χ1) is 14.7. The maximum absolute atomic E-state index is 12.4. The quantitative estimate of drug-likeness (QED) is 0.456. The van der Waals surface area contributed by atoms with Crippen molar-refractivity contribution in [3.8, 4) is 22.6 Å². The van der Waals surface area contributed by atoms with Crippen molar-refractivity contribution in [1.29, 1.82) is 0 Å². The van der Waals surface area contributed by atoms with Gasteiger partial charge in [0, 0.05) is 30.9 Å². The number of aliphatic hydroxyl groups is 1. The molecule has 0 spiro atoms. The lowest BCUT2D eigenvalue weighted by Crippen LogP contribution is -2.26. The average molecular weight is 407 g/mol. The van der Waals surface area contributed by atoms with Crippen molar-refractivity contribution in [2.24, 2.45) is 5.92 Å². The van der Waals surface area contributed by atoms with Crippen molar-refractivity contribution in [2.75, 3.05) is 13.2 Å². The van der Waals surface area contributed by atoms with E-state index in [1.165, 1.54) is 0 Å². The van der Waals surface area contributed by atoms with Gasteiger partial charge in [-0.3, -0.25) is 14.6 Å². The number of aromatic nitrogens is 7. The van der Waals surface area contributed by atoms with E-state index in [4.69, 9.17) is 14.8 Å². The SMILES string of the molecule is O=c1[nH]c2ncc(-c3ccc(-c4n[nH]c(CO)n4)cc3)nc2n1CC1CCOCC1. The molecule has 3 aromatic heterocycles. The van der Waals surface area contributed by atoms with Crippen molar-refractivity contribution >= 4 is 11.3 Å². The van der Waals surface area contributed by atoms with Gasteiger partial charge in [0.05, 0.1) is 11.9 Å². The van der Waals surface area contributed by atoms with Gasteiger partial charge in [0.25, 0.3) is 0 Å². The standard InChI is InChI=1S/C20H21N7O3/c28-11-16-23-17(26-25-16)14-3-1-13(2-4-14)15-9-21-18-19(22-15)27(20(29)24-18)10-12-5-7-30-8-6-12/h1-4,9,12,28H,5-8,10-11H2,(H,21,24,29)(H,23,25,26). The molecular weight excluding hydrogens is 386 g/mol. The smallest absolute Gasteiger partial charge is 0.328 e. The Kier molecular flexibility index (Phi) is 4.85. The largest absolute Gasteiger partial charge is 0.388 e. The van der Waals surface area contributed by atoms with Crippen LogP contribution in [0.2, 0.25) is 0 Å². The number of imidazole rings is 1. The molecule has 1 saturated heterocycles. The Hall–Kier alpha value is -3.37. The summed E-state index contributed by atoms with van der Waals surface area (Å²) in [6, 6.07) is 7.59.